The van der Waals surface area contributed by atoms with E-state index in [1.165, 1.54) is 6.07 Å². The maximum absolute atomic E-state index is 14.0. The van der Waals surface area contributed by atoms with Gasteiger partial charge in [0.1, 0.15) is 12.0 Å². The van der Waals surface area contributed by atoms with Gasteiger partial charge in [0.15, 0.2) is 0 Å². The van der Waals surface area contributed by atoms with Gasteiger partial charge in [0.25, 0.3) is 0 Å². The molecule has 3 N–H and O–H groups in total. The van der Waals surface area contributed by atoms with Crippen LogP contribution in [0.3, 0.4) is 0 Å². The van der Waals surface area contributed by atoms with Crippen molar-refractivity contribution < 1.29 is 9.31 Å². The quantitative estimate of drug-likeness (QED) is 0.552. The lowest BCUT2D eigenvalue weighted by Crippen LogP contribution is -2.48. The Balaban J connectivity index is 1.51. The van der Waals surface area contributed by atoms with E-state index in [9.17, 15) is 14.5 Å². The summed E-state index contributed by atoms with van der Waals surface area (Å²) in [6.07, 6.45) is -0.438. The van der Waals surface area contributed by atoms with Crippen LogP contribution in [-0.2, 0) is 0 Å². The highest BCUT2D eigenvalue weighted by Gasteiger charge is 2.26. The van der Waals surface area contributed by atoms with Crippen LogP contribution >= 0.6 is 0 Å². The Bertz CT molecular complexity index is 918. The lowest BCUT2D eigenvalue weighted by Gasteiger charge is -2.34. The smallest absolute Gasteiger partial charge is 0.311 e. The summed E-state index contributed by atoms with van der Waals surface area (Å²) in [7, 11) is 2.07. The van der Waals surface area contributed by atoms with Crippen molar-refractivity contribution in [2.24, 2.45) is 5.73 Å². The van der Waals surface area contributed by atoms with Gasteiger partial charge in [0, 0.05) is 56.2 Å². The van der Waals surface area contributed by atoms with E-state index in [1.54, 1.807) is 6.07 Å². The number of rotatable bonds is 5. The number of benzene rings is 1. The second-order valence-corrected chi connectivity index (χ2v) is 8.17. The molecule has 10 heteroatoms. The minimum Gasteiger partial charge on any atom is -0.368 e. The molecule has 1 aromatic heterocycles. The topological polar surface area (TPSA) is 104 Å². The van der Waals surface area contributed by atoms with Crippen molar-refractivity contribution in [3.8, 4) is 0 Å². The van der Waals surface area contributed by atoms with E-state index >= 15 is 0 Å². The number of halogens is 1. The highest BCUT2D eigenvalue weighted by atomic mass is 19.1. The standard InChI is InChI=1S/C21H28FN7O2/c1-26-10-12-27(13-11-26)20-7-6-19(29(30)31)21(25-20)24-15-2-4-16(5-3-15)28-9-8-18(23)17(22)14-28/h2-7,17-18H,8-14,23H2,1H3,(H,24,25). The second-order valence-electron chi connectivity index (χ2n) is 8.17. The monoisotopic (exact) mass is 429 g/mol. The van der Waals surface area contributed by atoms with Gasteiger partial charge >= 0.3 is 5.69 Å². The van der Waals surface area contributed by atoms with Crippen molar-refractivity contribution in [1.82, 2.24) is 9.88 Å². The molecule has 0 bridgehead atoms. The zero-order valence-corrected chi connectivity index (χ0v) is 17.6. The Morgan fingerprint density at radius 2 is 1.81 bits per heavy atom. The number of likely N-dealkylation sites (N-methyl/N-ethyl adjacent to an activating group) is 1. The highest BCUT2D eigenvalue weighted by Crippen LogP contribution is 2.30. The Morgan fingerprint density at radius 3 is 2.45 bits per heavy atom. The van der Waals surface area contributed by atoms with Gasteiger partial charge in [-0.3, -0.25) is 10.1 Å². The van der Waals surface area contributed by atoms with Crippen molar-refractivity contribution in [3.05, 3.63) is 46.5 Å². The minimum absolute atomic E-state index is 0.0766. The van der Waals surface area contributed by atoms with Crippen molar-refractivity contribution in [2.75, 3.05) is 61.4 Å². The van der Waals surface area contributed by atoms with Crippen LogP contribution in [0.25, 0.3) is 0 Å². The molecule has 0 amide bonds. The van der Waals surface area contributed by atoms with Crippen LogP contribution in [0, 0.1) is 10.1 Å². The average molecular weight is 430 g/mol. The van der Waals surface area contributed by atoms with Crippen LogP contribution in [-0.4, -0.2) is 73.3 Å². The Morgan fingerprint density at radius 1 is 1.10 bits per heavy atom. The fourth-order valence-electron chi connectivity index (χ4n) is 3.94. The van der Waals surface area contributed by atoms with E-state index in [-0.39, 0.29) is 18.1 Å². The number of hydrogen-bond acceptors (Lipinski definition) is 8. The molecule has 9 nitrogen and oxygen atoms in total. The molecular formula is C21H28FN7O2. The summed E-state index contributed by atoms with van der Waals surface area (Å²) >= 11 is 0. The molecule has 0 saturated carbocycles. The summed E-state index contributed by atoms with van der Waals surface area (Å²) in [4.78, 5) is 22.0. The molecule has 2 unspecified atom stereocenters. The molecule has 2 aromatic rings. The number of nitrogens with two attached hydrogens (primary N) is 1. The van der Waals surface area contributed by atoms with Crippen molar-refractivity contribution in [3.63, 3.8) is 0 Å². The van der Waals surface area contributed by atoms with Crippen molar-refractivity contribution in [1.29, 1.82) is 0 Å². The minimum atomic E-state index is -1.05. The van der Waals surface area contributed by atoms with E-state index in [2.05, 4.69) is 27.1 Å². The first-order chi connectivity index (χ1) is 14.9. The summed E-state index contributed by atoms with van der Waals surface area (Å²) in [5.74, 6) is 0.929. The summed E-state index contributed by atoms with van der Waals surface area (Å²) in [5, 5.41) is 14.6. The number of piperidine rings is 1. The fraction of sp³-hybridized carbons (Fsp3) is 0.476. The number of anilines is 4. The number of piperazine rings is 1. The molecule has 2 fully saturated rings. The first-order valence-corrected chi connectivity index (χ1v) is 10.5. The molecule has 2 atom stereocenters. The SMILES string of the molecule is CN1CCN(c2ccc([N+](=O)[O-])c(Nc3ccc(N4CCC(N)C(F)C4)cc3)n2)CC1. The Kier molecular flexibility index (Phi) is 6.19. The zero-order chi connectivity index (χ0) is 22.0. The normalized spacial score (nSPS) is 22.4. The molecular weight excluding hydrogens is 401 g/mol. The molecule has 0 spiro atoms. The first kappa shape index (κ1) is 21.3. The average Bonchev–Trinajstić information content (AvgIpc) is 2.76. The molecule has 3 heterocycles. The van der Waals surface area contributed by atoms with Gasteiger partial charge in [-0.25, -0.2) is 9.37 Å². The van der Waals surface area contributed by atoms with E-state index in [4.69, 9.17) is 5.73 Å². The third kappa shape index (κ3) is 4.86. The number of nitrogens with zero attached hydrogens (tertiary/aromatic N) is 5. The van der Waals surface area contributed by atoms with Gasteiger partial charge in [-0.2, -0.15) is 0 Å². The number of alkyl halides is 1. The van der Waals surface area contributed by atoms with Gasteiger partial charge in [-0.1, -0.05) is 0 Å². The van der Waals surface area contributed by atoms with Crippen LogP contribution in [0.4, 0.5) is 33.1 Å². The predicted octanol–water partition coefficient (Wildman–Crippen LogP) is 2.36. The molecule has 4 rings (SSSR count). The second kappa shape index (κ2) is 9.03. The van der Waals surface area contributed by atoms with Crippen molar-refractivity contribution in [2.45, 2.75) is 18.6 Å². The van der Waals surface area contributed by atoms with Crippen LogP contribution < -0.4 is 20.9 Å². The predicted molar refractivity (Wildman–Crippen MR) is 120 cm³/mol. The number of pyridine rings is 1. The van der Waals surface area contributed by atoms with Gasteiger partial charge in [-0.05, 0) is 43.8 Å². The zero-order valence-electron chi connectivity index (χ0n) is 17.6. The molecule has 0 radical (unpaired) electrons. The summed E-state index contributed by atoms with van der Waals surface area (Å²) in [5.41, 5.74) is 7.26. The van der Waals surface area contributed by atoms with E-state index in [0.29, 0.717) is 18.7 Å². The maximum atomic E-state index is 14.0. The highest BCUT2D eigenvalue weighted by molar-refractivity contribution is 5.69. The molecule has 1 aromatic carbocycles. The van der Waals surface area contributed by atoms with Gasteiger partial charge in [0.2, 0.25) is 5.82 Å². The molecule has 166 valence electrons. The largest absolute Gasteiger partial charge is 0.368 e. The van der Waals surface area contributed by atoms with E-state index in [1.807, 2.05) is 29.2 Å². The van der Waals surface area contributed by atoms with Gasteiger partial charge in [0.05, 0.1) is 11.5 Å². The van der Waals surface area contributed by atoms with Gasteiger partial charge in [-0.15, -0.1) is 0 Å². The van der Waals surface area contributed by atoms with Crippen LogP contribution in [0.15, 0.2) is 36.4 Å². The third-order valence-corrected chi connectivity index (χ3v) is 5.97. The maximum Gasteiger partial charge on any atom is 0.311 e. The Labute approximate surface area is 180 Å². The molecule has 2 aliphatic rings. The van der Waals surface area contributed by atoms with Crippen LogP contribution in [0.1, 0.15) is 6.42 Å². The van der Waals surface area contributed by atoms with Crippen molar-refractivity contribution >= 4 is 28.7 Å². The molecule has 31 heavy (non-hydrogen) atoms. The lowest BCUT2D eigenvalue weighted by atomic mass is 10.0. The Hall–Kier alpha value is -2.98. The molecule has 2 aliphatic heterocycles. The van der Waals surface area contributed by atoms with E-state index in [0.717, 1.165) is 37.7 Å². The van der Waals surface area contributed by atoms with Crippen LogP contribution in [0.5, 0.6) is 0 Å². The summed E-state index contributed by atoms with van der Waals surface area (Å²) in [6, 6.07) is 10.2. The summed E-state index contributed by atoms with van der Waals surface area (Å²) in [6.45, 7) is 4.46. The molecule has 2 saturated heterocycles. The first-order valence-electron chi connectivity index (χ1n) is 10.5. The number of hydrogen-bond donors (Lipinski definition) is 2. The van der Waals surface area contributed by atoms with E-state index < -0.39 is 17.1 Å². The number of nitrogens with one attached hydrogen (secondary N) is 1. The third-order valence-electron chi connectivity index (χ3n) is 5.97. The fourth-order valence-corrected chi connectivity index (χ4v) is 3.94. The summed E-state index contributed by atoms with van der Waals surface area (Å²) < 4.78 is 14.0. The number of aromatic nitrogens is 1. The molecule has 0 aliphatic carbocycles. The van der Waals surface area contributed by atoms with Crippen LogP contribution in [0.2, 0.25) is 0 Å². The number of nitro groups is 1. The lowest BCUT2D eigenvalue weighted by molar-refractivity contribution is -0.384. The van der Waals surface area contributed by atoms with Gasteiger partial charge < -0.3 is 25.8 Å².